The number of aromatic nitrogens is 2. The summed E-state index contributed by atoms with van der Waals surface area (Å²) < 4.78 is 9.42. The summed E-state index contributed by atoms with van der Waals surface area (Å²) in [6.07, 6.45) is 2.31. The van der Waals surface area contributed by atoms with Gasteiger partial charge < -0.3 is 10.1 Å². The molecule has 1 heterocycles. The molecule has 25 heavy (non-hydrogen) atoms. The molecule has 0 radical (unpaired) electrons. The lowest BCUT2D eigenvalue weighted by atomic mass is 10.2. The number of amides is 2. The minimum absolute atomic E-state index is 0.275. The predicted octanol–water partition coefficient (Wildman–Crippen LogP) is 2.82. The number of nitrogens with zero attached hydrogens (tertiary/aromatic N) is 2. The van der Waals surface area contributed by atoms with Gasteiger partial charge in [0.25, 0.3) is 0 Å². The van der Waals surface area contributed by atoms with Crippen LogP contribution in [0.2, 0.25) is 0 Å². The lowest BCUT2D eigenvalue weighted by Crippen LogP contribution is -2.32. The summed E-state index contributed by atoms with van der Waals surface area (Å²) in [7, 11) is 0. The Bertz CT molecular complexity index is 703. The monoisotopic (exact) mass is 362 g/mol. The van der Waals surface area contributed by atoms with Gasteiger partial charge in [0.15, 0.2) is 0 Å². The first-order chi connectivity index (χ1) is 12.2. The Kier molecular flexibility index (Phi) is 7.34. The Balaban J connectivity index is 2.17. The van der Waals surface area contributed by atoms with Crippen LogP contribution in [0.4, 0.5) is 4.79 Å². The number of carbonyl (C=O) groups excluding carboxylic acids is 2. The molecule has 8 heteroatoms. The number of hydrogen-bond acceptors (Lipinski definition) is 5. The van der Waals surface area contributed by atoms with Gasteiger partial charge in [-0.2, -0.15) is 5.10 Å². The molecular formula is C17H22N4O3S. The first kappa shape index (κ1) is 18.9. The Labute approximate surface area is 151 Å². The molecule has 0 fully saturated rings. The average Bonchev–Trinajstić information content (AvgIpc) is 3.02. The Morgan fingerprint density at radius 1 is 1.24 bits per heavy atom. The molecule has 0 aliphatic heterocycles. The highest BCUT2D eigenvalue weighted by Gasteiger charge is 2.20. The van der Waals surface area contributed by atoms with Crippen molar-refractivity contribution in [2.45, 2.75) is 31.8 Å². The molecule has 2 N–H and O–H groups in total. The molecule has 0 aliphatic carbocycles. The zero-order chi connectivity index (χ0) is 18.1. The number of ether oxygens (including phenoxy) is 1. The smallest absolute Gasteiger partial charge is 0.342 e. The highest BCUT2D eigenvalue weighted by Crippen LogP contribution is 2.22. The van der Waals surface area contributed by atoms with Gasteiger partial charge in [-0.15, -0.1) is 0 Å². The summed E-state index contributed by atoms with van der Waals surface area (Å²) in [6, 6.07) is 9.45. The van der Waals surface area contributed by atoms with E-state index in [0.29, 0.717) is 23.7 Å². The first-order valence-electron chi connectivity index (χ1n) is 8.13. The van der Waals surface area contributed by atoms with E-state index in [4.69, 9.17) is 4.74 Å². The van der Waals surface area contributed by atoms with E-state index in [2.05, 4.69) is 15.1 Å². The summed E-state index contributed by atoms with van der Waals surface area (Å²) in [6.45, 7) is 5.06. The predicted molar refractivity (Wildman–Crippen MR) is 96.4 cm³/mol. The van der Waals surface area contributed by atoms with E-state index in [1.54, 1.807) is 11.6 Å². The molecule has 7 nitrogen and oxygen atoms in total. The molecule has 2 aromatic rings. The zero-order valence-electron chi connectivity index (χ0n) is 14.3. The van der Waals surface area contributed by atoms with Crippen molar-refractivity contribution in [2.24, 2.45) is 0 Å². The van der Waals surface area contributed by atoms with Crippen molar-refractivity contribution in [3.05, 3.63) is 47.7 Å². The average molecular weight is 362 g/mol. The van der Waals surface area contributed by atoms with Crippen molar-refractivity contribution >= 4 is 23.9 Å². The lowest BCUT2D eigenvalue weighted by molar-refractivity contribution is 0.0521. The van der Waals surface area contributed by atoms with E-state index < -0.39 is 5.97 Å². The van der Waals surface area contributed by atoms with Crippen molar-refractivity contribution in [1.29, 1.82) is 0 Å². The highest BCUT2D eigenvalue weighted by atomic mass is 32.2. The van der Waals surface area contributed by atoms with E-state index in [9.17, 15) is 9.59 Å². The third-order valence-electron chi connectivity index (χ3n) is 3.24. The maximum absolute atomic E-state index is 12.1. The van der Waals surface area contributed by atoms with Crippen molar-refractivity contribution < 1.29 is 14.3 Å². The normalized spacial score (nSPS) is 10.3. The fraction of sp³-hybridized carbons (Fsp3) is 0.353. The summed E-state index contributed by atoms with van der Waals surface area (Å²) in [5, 5.41) is 7.54. The van der Waals surface area contributed by atoms with Crippen molar-refractivity contribution in [3.8, 4) is 0 Å². The largest absolute Gasteiger partial charge is 0.462 e. The van der Waals surface area contributed by atoms with Gasteiger partial charge in [-0.1, -0.05) is 37.3 Å². The molecule has 0 unspecified atom stereocenters. The number of nitrogens with one attached hydrogen (secondary N) is 2. The second-order valence-corrected chi connectivity index (χ2v) is 5.98. The van der Waals surface area contributed by atoms with Crippen LogP contribution in [0, 0.1) is 0 Å². The van der Waals surface area contributed by atoms with Crippen LogP contribution in [0.3, 0.4) is 0 Å². The van der Waals surface area contributed by atoms with E-state index in [1.165, 1.54) is 6.20 Å². The molecule has 1 aromatic heterocycles. The number of rotatable bonds is 8. The van der Waals surface area contributed by atoms with Gasteiger partial charge in [-0.05, 0) is 18.9 Å². The van der Waals surface area contributed by atoms with Crippen LogP contribution >= 0.6 is 11.9 Å². The molecule has 0 spiro atoms. The minimum Gasteiger partial charge on any atom is -0.462 e. The van der Waals surface area contributed by atoms with E-state index in [-0.39, 0.29) is 12.6 Å². The minimum atomic E-state index is -0.458. The quantitative estimate of drug-likeness (QED) is 0.557. The maximum atomic E-state index is 12.1. The SMILES string of the molecule is CCCNC(=O)NSc1c(C(=O)OCC)cnn1Cc1ccccc1. The topological polar surface area (TPSA) is 85.2 Å². The van der Waals surface area contributed by atoms with Gasteiger partial charge in [-0.25, -0.2) is 9.59 Å². The van der Waals surface area contributed by atoms with Gasteiger partial charge in [0.1, 0.15) is 10.6 Å². The van der Waals surface area contributed by atoms with Crippen LogP contribution < -0.4 is 10.0 Å². The lowest BCUT2D eigenvalue weighted by Gasteiger charge is -2.10. The summed E-state index contributed by atoms with van der Waals surface area (Å²) in [5.41, 5.74) is 1.37. The fourth-order valence-electron chi connectivity index (χ4n) is 2.07. The Hall–Kier alpha value is -2.48. The molecule has 2 amide bonds. The standard InChI is InChI=1S/C17H22N4O3S/c1-3-10-18-17(23)20-25-15-14(16(22)24-4-2)11-19-21(15)12-13-8-6-5-7-9-13/h5-9,11H,3-4,10,12H2,1-2H3,(H2,18,20,23). The highest BCUT2D eigenvalue weighted by molar-refractivity contribution is 7.98. The summed E-state index contributed by atoms with van der Waals surface area (Å²) in [5.74, 6) is -0.458. The number of esters is 1. The van der Waals surface area contributed by atoms with Crippen LogP contribution in [-0.4, -0.2) is 34.9 Å². The maximum Gasteiger partial charge on any atom is 0.342 e. The third kappa shape index (κ3) is 5.53. The number of urea groups is 1. The molecule has 134 valence electrons. The van der Waals surface area contributed by atoms with Crippen molar-refractivity contribution in [2.75, 3.05) is 13.2 Å². The summed E-state index contributed by atoms with van der Waals surface area (Å²) in [4.78, 5) is 23.9. The van der Waals surface area contributed by atoms with Crippen molar-refractivity contribution in [1.82, 2.24) is 19.8 Å². The number of benzene rings is 1. The molecular weight excluding hydrogens is 340 g/mol. The summed E-state index contributed by atoms with van der Waals surface area (Å²) >= 11 is 1.05. The van der Waals surface area contributed by atoms with Crippen LogP contribution in [-0.2, 0) is 11.3 Å². The number of carbonyl (C=O) groups is 2. The van der Waals surface area contributed by atoms with Crippen LogP contribution in [0.1, 0.15) is 36.2 Å². The second kappa shape index (κ2) is 9.73. The molecule has 0 bridgehead atoms. The Morgan fingerprint density at radius 2 is 2.00 bits per heavy atom. The molecule has 0 saturated carbocycles. The van der Waals surface area contributed by atoms with Gasteiger partial charge in [-0.3, -0.25) is 9.40 Å². The van der Waals surface area contributed by atoms with Gasteiger partial charge in [0.05, 0.1) is 19.3 Å². The van der Waals surface area contributed by atoms with Crippen molar-refractivity contribution in [3.63, 3.8) is 0 Å². The van der Waals surface area contributed by atoms with Crippen LogP contribution in [0.5, 0.6) is 0 Å². The second-order valence-electron chi connectivity index (χ2n) is 5.19. The third-order valence-corrected chi connectivity index (χ3v) is 4.15. The molecule has 0 aliphatic rings. The van der Waals surface area contributed by atoms with Gasteiger partial charge >= 0.3 is 12.0 Å². The van der Waals surface area contributed by atoms with Gasteiger partial charge in [0, 0.05) is 18.5 Å². The van der Waals surface area contributed by atoms with E-state index in [1.807, 2.05) is 37.3 Å². The molecule has 0 atom stereocenters. The van der Waals surface area contributed by atoms with Crippen LogP contribution in [0.25, 0.3) is 0 Å². The fourth-order valence-corrected chi connectivity index (χ4v) is 2.79. The number of hydrogen-bond donors (Lipinski definition) is 2. The molecule has 1 aromatic carbocycles. The van der Waals surface area contributed by atoms with Crippen LogP contribution in [0.15, 0.2) is 41.6 Å². The molecule has 0 saturated heterocycles. The Morgan fingerprint density at radius 3 is 2.68 bits per heavy atom. The molecule has 2 rings (SSSR count). The van der Waals surface area contributed by atoms with Gasteiger partial charge in [0.2, 0.25) is 0 Å². The first-order valence-corrected chi connectivity index (χ1v) is 8.94. The zero-order valence-corrected chi connectivity index (χ0v) is 15.1. The van der Waals surface area contributed by atoms with E-state index >= 15 is 0 Å². The van der Waals surface area contributed by atoms with E-state index in [0.717, 1.165) is 23.9 Å².